The maximum Gasteiger partial charge on any atom is 0.310 e. The fourth-order valence-electron chi connectivity index (χ4n) is 3.19. The van der Waals surface area contributed by atoms with Gasteiger partial charge in [-0.2, -0.15) is 0 Å². The average molecular weight is 582 g/mol. The van der Waals surface area contributed by atoms with Crippen LogP contribution < -0.4 is 0 Å². The number of halogens is 2. The Kier molecular flexibility index (Phi) is 8.87. The topological polar surface area (TPSA) is 72.3 Å². The summed E-state index contributed by atoms with van der Waals surface area (Å²) in [5.74, 6) is -0.237. The number of carbonyl (C=O) groups is 1. The van der Waals surface area contributed by atoms with Crippen molar-refractivity contribution in [2.75, 3.05) is 6.61 Å². The number of thiazole rings is 2. The molecule has 4 aromatic rings. The summed E-state index contributed by atoms with van der Waals surface area (Å²) < 4.78 is 7.04. The molecule has 5 nitrogen and oxygen atoms in total. The predicted molar refractivity (Wildman–Crippen MR) is 146 cm³/mol. The van der Waals surface area contributed by atoms with Gasteiger partial charge in [0.25, 0.3) is 0 Å². The Morgan fingerprint density at radius 3 is 2.38 bits per heavy atom. The first-order valence-electron chi connectivity index (χ1n) is 10.6. The molecule has 0 amide bonds. The monoisotopic (exact) mass is 580 g/mol. The highest BCUT2D eigenvalue weighted by Gasteiger charge is 2.20. The molecule has 180 valence electrons. The highest BCUT2D eigenvalue weighted by atomic mass is 79.9. The molecule has 34 heavy (non-hydrogen) atoms. The number of hydrogen-bond donors (Lipinski definition) is 1. The third kappa shape index (κ3) is 7.09. The standard InChI is InChI=1S/C21H16BrClN2O2S2.C4H10O/c1-3-27-17(26)9-14-11(2)8-15-19(18(14)12-4-6-13(23)7-5-12)29-21(24-15)20-25-16(22)10-28-20;1-4(2,3)5/h4-8,10H,3,9H2,1-2H3;5H,1-3H3. The van der Waals surface area contributed by atoms with E-state index in [9.17, 15) is 4.79 Å². The molecule has 2 heterocycles. The van der Waals surface area contributed by atoms with Crippen molar-refractivity contribution in [1.29, 1.82) is 0 Å². The summed E-state index contributed by atoms with van der Waals surface area (Å²) in [6.07, 6.45) is 0.212. The number of benzene rings is 2. The Balaban J connectivity index is 0.000000588. The zero-order chi connectivity index (χ0) is 25.0. The van der Waals surface area contributed by atoms with Crippen LogP contribution >= 0.6 is 50.2 Å². The molecular weight excluding hydrogens is 556 g/mol. The molecule has 0 saturated heterocycles. The van der Waals surface area contributed by atoms with Gasteiger partial charge in [0.1, 0.15) is 4.60 Å². The molecular formula is C25H26BrClN2O3S2. The summed E-state index contributed by atoms with van der Waals surface area (Å²) in [6.45, 7) is 9.41. The Labute approximate surface area is 220 Å². The second-order valence-electron chi connectivity index (χ2n) is 8.55. The lowest BCUT2D eigenvalue weighted by Crippen LogP contribution is -2.10. The van der Waals surface area contributed by atoms with Gasteiger partial charge >= 0.3 is 5.97 Å². The van der Waals surface area contributed by atoms with Gasteiger partial charge < -0.3 is 9.84 Å². The largest absolute Gasteiger partial charge is 0.466 e. The average Bonchev–Trinajstić information content (AvgIpc) is 3.34. The number of fused-ring (bicyclic) bond motifs is 1. The van der Waals surface area contributed by atoms with Crippen LogP contribution in [-0.4, -0.2) is 33.3 Å². The number of ether oxygens (including phenoxy) is 1. The molecule has 0 aliphatic rings. The van der Waals surface area contributed by atoms with E-state index in [-0.39, 0.29) is 12.4 Å². The first kappa shape index (κ1) is 26.8. The molecule has 0 bridgehead atoms. The number of rotatable bonds is 5. The zero-order valence-electron chi connectivity index (χ0n) is 19.6. The molecule has 4 rings (SSSR count). The molecule has 2 aromatic heterocycles. The maximum absolute atomic E-state index is 12.3. The second-order valence-corrected chi connectivity index (χ2v) is 11.7. The summed E-state index contributed by atoms with van der Waals surface area (Å²) in [5.41, 5.74) is 4.36. The molecule has 0 saturated carbocycles. The lowest BCUT2D eigenvalue weighted by molar-refractivity contribution is -0.142. The number of nitrogens with zero attached hydrogens (tertiary/aromatic N) is 2. The van der Waals surface area contributed by atoms with Crippen LogP contribution in [0.1, 0.15) is 38.8 Å². The Hall–Kier alpha value is -1.84. The molecule has 9 heteroatoms. The van der Waals surface area contributed by atoms with E-state index in [4.69, 9.17) is 26.4 Å². The van der Waals surface area contributed by atoms with Crippen LogP contribution in [0, 0.1) is 6.92 Å². The van der Waals surface area contributed by atoms with Gasteiger partial charge in [0.05, 0.1) is 28.8 Å². The van der Waals surface area contributed by atoms with Crippen molar-refractivity contribution in [1.82, 2.24) is 9.97 Å². The SMILES string of the molecule is CC(C)(C)O.CCOC(=O)Cc1c(C)cc2nc(-c3nc(Br)cs3)sc2c1-c1ccc(Cl)cc1. The highest BCUT2D eigenvalue weighted by Crippen LogP contribution is 2.41. The third-order valence-corrected chi connectivity index (χ3v) is 7.46. The number of carbonyl (C=O) groups excluding carboxylic acids is 1. The van der Waals surface area contributed by atoms with Gasteiger partial charge in [0, 0.05) is 16.0 Å². The third-order valence-electron chi connectivity index (χ3n) is 4.43. The fourth-order valence-corrected chi connectivity index (χ4v) is 5.74. The van der Waals surface area contributed by atoms with Crippen LogP contribution in [0.4, 0.5) is 0 Å². The number of esters is 1. The van der Waals surface area contributed by atoms with Crippen molar-refractivity contribution in [3.8, 4) is 21.1 Å². The van der Waals surface area contributed by atoms with Gasteiger partial charge in [-0.15, -0.1) is 22.7 Å². The van der Waals surface area contributed by atoms with Gasteiger partial charge in [-0.25, -0.2) is 9.97 Å². The molecule has 0 fully saturated rings. The first-order chi connectivity index (χ1) is 16.0. The summed E-state index contributed by atoms with van der Waals surface area (Å²) in [5, 5.41) is 12.9. The second kappa shape index (κ2) is 11.3. The Morgan fingerprint density at radius 1 is 1.18 bits per heavy atom. The molecule has 0 spiro atoms. The first-order valence-corrected chi connectivity index (χ1v) is 13.5. The normalized spacial score (nSPS) is 11.3. The van der Waals surface area contributed by atoms with E-state index in [0.29, 0.717) is 11.6 Å². The van der Waals surface area contributed by atoms with Gasteiger partial charge in [-0.3, -0.25) is 4.79 Å². The van der Waals surface area contributed by atoms with Crippen molar-refractivity contribution in [3.05, 3.63) is 56.5 Å². The highest BCUT2D eigenvalue weighted by molar-refractivity contribution is 9.10. The number of aryl methyl sites for hydroxylation is 1. The van der Waals surface area contributed by atoms with Crippen LogP contribution in [-0.2, 0) is 16.0 Å². The summed E-state index contributed by atoms with van der Waals surface area (Å²) in [4.78, 5) is 21.6. The van der Waals surface area contributed by atoms with Gasteiger partial charge in [-0.05, 0) is 85.4 Å². The molecule has 0 atom stereocenters. The van der Waals surface area contributed by atoms with E-state index < -0.39 is 5.60 Å². The lowest BCUT2D eigenvalue weighted by Gasteiger charge is -2.14. The van der Waals surface area contributed by atoms with Gasteiger partial charge in [0.2, 0.25) is 0 Å². The van der Waals surface area contributed by atoms with Crippen molar-refractivity contribution in [2.24, 2.45) is 0 Å². The molecule has 1 N–H and O–H groups in total. The number of aliphatic hydroxyl groups is 1. The molecule has 0 radical (unpaired) electrons. The Bertz CT molecular complexity index is 1290. The van der Waals surface area contributed by atoms with Gasteiger partial charge in [0.15, 0.2) is 10.0 Å². The van der Waals surface area contributed by atoms with Crippen molar-refractivity contribution in [2.45, 2.75) is 46.6 Å². The number of hydrogen-bond acceptors (Lipinski definition) is 7. The molecule has 0 aliphatic carbocycles. The molecule has 0 unspecified atom stereocenters. The smallest absolute Gasteiger partial charge is 0.310 e. The van der Waals surface area contributed by atoms with Crippen molar-refractivity contribution < 1.29 is 14.6 Å². The van der Waals surface area contributed by atoms with Crippen LogP contribution in [0.25, 0.3) is 31.4 Å². The Morgan fingerprint density at radius 2 is 1.82 bits per heavy atom. The zero-order valence-corrected chi connectivity index (χ0v) is 23.6. The van der Waals surface area contributed by atoms with Crippen molar-refractivity contribution in [3.63, 3.8) is 0 Å². The number of aromatic nitrogens is 2. The minimum atomic E-state index is -0.500. The van der Waals surface area contributed by atoms with E-state index in [0.717, 1.165) is 47.1 Å². The van der Waals surface area contributed by atoms with E-state index in [1.807, 2.05) is 49.6 Å². The van der Waals surface area contributed by atoms with E-state index in [1.54, 1.807) is 43.4 Å². The maximum atomic E-state index is 12.3. The lowest BCUT2D eigenvalue weighted by atomic mass is 9.93. The van der Waals surface area contributed by atoms with Gasteiger partial charge in [-0.1, -0.05) is 23.7 Å². The van der Waals surface area contributed by atoms with E-state index in [2.05, 4.69) is 20.9 Å². The van der Waals surface area contributed by atoms with Crippen LogP contribution in [0.15, 0.2) is 40.3 Å². The van der Waals surface area contributed by atoms with E-state index in [1.165, 1.54) is 0 Å². The molecule has 2 aromatic carbocycles. The minimum Gasteiger partial charge on any atom is -0.466 e. The van der Waals surface area contributed by atoms with Crippen LogP contribution in [0.3, 0.4) is 0 Å². The summed E-state index contributed by atoms with van der Waals surface area (Å²) >= 11 is 12.6. The summed E-state index contributed by atoms with van der Waals surface area (Å²) in [6, 6.07) is 9.71. The van der Waals surface area contributed by atoms with E-state index >= 15 is 0 Å². The minimum absolute atomic E-state index is 0.212. The predicted octanol–water partition coefficient (Wildman–Crippen LogP) is 7.69. The molecule has 0 aliphatic heterocycles. The quantitative estimate of drug-likeness (QED) is 0.245. The van der Waals surface area contributed by atoms with Crippen LogP contribution in [0.5, 0.6) is 0 Å². The van der Waals surface area contributed by atoms with Crippen molar-refractivity contribution >= 4 is 66.4 Å². The summed E-state index contributed by atoms with van der Waals surface area (Å²) in [7, 11) is 0. The fraction of sp³-hybridized carbons (Fsp3) is 0.320. The van der Waals surface area contributed by atoms with Crippen LogP contribution in [0.2, 0.25) is 5.02 Å².